The first-order chi connectivity index (χ1) is 10.7. The molecule has 1 amide bonds. The zero-order valence-electron chi connectivity index (χ0n) is 12.1. The fourth-order valence-electron chi connectivity index (χ4n) is 2.64. The molecule has 2 N–H and O–H groups in total. The standard InChI is InChI=1S/C17H18FNO3/c18-13-5-3-11(4-6-13)14-8-10-22-16(14)17(21)19-15(7-9-20)12-1-2-12/h3-6,8,10,12,15,20H,1-2,7,9H2,(H,19,21). The fraction of sp³-hybridized carbons (Fsp3) is 0.353. The molecule has 0 bridgehead atoms. The average molecular weight is 303 g/mol. The van der Waals surface area contributed by atoms with Crippen LogP contribution in [-0.2, 0) is 0 Å². The molecule has 22 heavy (non-hydrogen) atoms. The van der Waals surface area contributed by atoms with Gasteiger partial charge in [0, 0.05) is 18.2 Å². The lowest BCUT2D eigenvalue weighted by Gasteiger charge is -2.16. The van der Waals surface area contributed by atoms with Crippen LogP contribution in [0.15, 0.2) is 41.0 Å². The number of hydrogen-bond acceptors (Lipinski definition) is 3. The van der Waals surface area contributed by atoms with Crippen LogP contribution in [0.2, 0.25) is 0 Å². The second-order valence-corrected chi connectivity index (χ2v) is 5.60. The van der Waals surface area contributed by atoms with E-state index in [1.54, 1.807) is 18.2 Å². The van der Waals surface area contributed by atoms with Gasteiger partial charge in [-0.1, -0.05) is 12.1 Å². The summed E-state index contributed by atoms with van der Waals surface area (Å²) in [6.45, 7) is 0.0461. The number of rotatable bonds is 6. The van der Waals surface area contributed by atoms with Crippen molar-refractivity contribution in [1.82, 2.24) is 5.32 Å². The third-order valence-corrected chi connectivity index (χ3v) is 3.97. The van der Waals surface area contributed by atoms with Crippen molar-refractivity contribution in [3.8, 4) is 11.1 Å². The highest BCUT2D eigenvalue weighted by Crippen LogP contribution is 2.34. The van der Waals surface area contributed by atoms with Crippen molar-refractivity contribution in [3.63, 3.8) is 0 Å². The second kappa shape index (κ2) is 6.32. The molecule has 116 valence electrons. The van der Waals surface area contributed by atoms with E-state index in [1.165, 1.54) is 18.4 Å². The van der Waals surface area contributed by atoms with Gasteiger partial charge in [-0.3, -0.25) is 4.79 Å². The number of carbonyl (C=O) groups is 1. The first-order valence-corrected chi connectivity index (χ1v) is 7.44. The Hall–Kier alpha value is -2.14. The minimum Gasteiger partial charge on any atom is -0.459 e. The molecule has 1 aromatic carbocycles. The van der Waals surface area contributed by atoms with E-state index in [0.29, 0.717) is 17.9 Å². The van der Waals surface area contributed by atoms with E-state index in [4.69, 9.17) is 9.52 Å². The lowest BCUT2D eigenvalue weighted by atomic mass is 10.0. The van der Waals surface area contributed by atoms with Crippen molar-refractivity contribution in [3.05, 3.63) is 48.2 Å². The molecule has 0 aliphatic heterocycles. The Morgan fingerprint density at radius 1 is 1.32 bits per heavy atom. The summed E-state index contributed by atoms with van der Waals surface area (Å²) in [4.78, 5) is 12.4. The second-order valence-electron chi connectivity index (χ2n) is 5.60. The minimum atomic E-state index is -0.324. The first-order valence-electron chi connectivity index (χ1n) is 7.44. The van der Waals surface area contributed by atoms with Crippen LogP contribution in [0, 0.1) is 11.7 Å². The van der Waals surface area contributed by atoms with Crippen LogP contribution in [0.25, 0.3) is 11.1 Å². The van der Waals surface area contributed by atoms with Crippen LogP contribution < -0.4 is 5.32 Å². The Balaban J connectivity index is 1.78. The minimum absolute atomic E-state index is 0.0244. The van der Waals surface area contributed by atoms with Gasteiger partial charge >= 0.3 is 0 Å². The highest BCUT2D eigenvalue weighted by Gasteiger charge is 2.32. The lowest BCUT2D eigenvalue weighted by molar-refractivity contribution is 0.0897. The van der Waals surface area contributed by atoms with Crippen molar-refractivity contribution in [2.75, 3.05) is 6.61 Å². The van der Waals surface area contributed by atoms with Crippen LogP contribution in [0.5, 0.6) is 0 Å². The highest BCUT2D eigenvalue weighted by atomic mass is 19.1. The zero-order chi connectivity index (χ0) is 15.5. The quantitative estimate of drug-likeness (QED) is 0.862. The van der Waals surface area contributed by atoms with Crippen molar-refractivity contribution in [2.45, 2.75) is 25.3 Å². The smallest absolute Gasteiger partial charge is 0.287 e. The summed E-state index contributed by atoms with van der Waals surface area (Å²) < 4.78 is 18.3. The molecule has 0 saturated heterocycles. The molecular weight excluding hydrogens is 285 g/mol. The molecule has 1 aliphatic carbocycles. The third-order valence-electron chi connectivity index (χ3n) is 3.97. The predicted molar refractivity (Wildman–Crippen MR) is 79.8 cm³/mol. The molecule has 1 atom stereocenters. The molecule has 0 radical (unpaired) electrons. The van der Waals surface area contributed by atoms with Gasteiger partial charge in [-0.2, -0.15) is 0 Å². The van der Waals surface area contributed by atoms with Gasteiger partial charge in [0.1, 0.15) is 5.82 Å². The molecule has 1 aromatic heterocycles. The number of furan rings is 1. The SMILES string of the molecule is O=C(NC(CCO)C1CC1)c1occc1-c1ccc(F)cc1. The van der Waals surface area contributed by atoms with Crippen molar-refractivity contribution >= 4 is 5.91 Å². The third kappa shape index (κ3) is 3.20. The van der Waals surface area contributed by atoms with E-state index in [2.05, 4.69) is 5.32 Å². The normalized spacial score (nSPS) is 15.5. The molecule has 1 aliphatic rings. The molecule has 1 saturated carbocycles. The fourth-order valence-corrected chi connectivity index (χ4v) is 2.64. The molecule has 3 rings (SSSR count). The number of benzene rings is 1. The van der Waals surface area contributed by atoms with Crippen molar-refractivity contribution in [1.29, 1.82) is 0 Å². The molecule has 2 aromatic rings. The summed E-state index contributed by atoms with van der Waals surface area (Å²) in [5.41, 5.74) is 1.36. The molecule has 0 spiro atoms. The summed E-state index contributed by atoms with van der Waals surface area (Å²) in [6, 6.07) is 7.60. The highest BCUT2D eigenvalue weighted by molar-refractivity contribution is 5.98. The maximum absolute atomic E-state index is 13.0. The number of nitrogens with one attached hydrogen (secondary N) is 1. The van der Waals surface area contributed by atoms with Gasteiger partial charge < -0.3 is 14.8 Å². The Bertz CT molecular complexity index is 646. The Morgan fingerprint density at radius 3 is 2.68 bits per heavy atom. The number of amides is 1. The molecule has 4 nitrogen and oxygen atoms in total. The van der Waals surface area contributed by atoms with E-state index in [1.807, 2.05) is 0 Å². The monoisotopic (exact) mass is 303 g/mol. The summed E-state index contributed by atoms with van der Waals surface area (Å²) in [5.74, 6) is 0.0418. The van der Waals surface area contributed by atoms with Crippen LogP contribution in [-0.4, -0.2) is 23.7 Å². The van der Waals surface area contributed by atoms with Gasteiger partial charge in [0.25, 0.3) is 5.91 Å². The molecule has 1 fully saturated rings. The largest absolute Gasteiger partial charge is 0.459 e. The molecule has 1 unspecified atom stereocenters. The van der Waals surface area contributed by atoms with E-state index < -0.39 is 0 Å². The van der Waals surface area contributed by atoms with Crippen molar-refractivity contribution < 1.29 is 18.7 Å². The first kappa shape index (κ1) is 14.8. The Morgan fingerprint density at radius 2 is 2.05 bits per heavy atom. The van der Waals surface area contributed by atoms with E-state index in [-0.39, 0.29) is 30.1 Å². The Kier molecular flexibility index (Phi) is 4.24. The summed E-state index contributed by atoms with van der Waals surface area (Å²) in [7, 11) is 0. The van der Waals surface area contributed by atoms with E-state index in [9.17, 15) is 9.18 Å². The van der Waals surface area contributed by atoms with Gasteiger partial charge in [-0.05, 0) is 48.9 Å². The number of aliphatic hydroxyl groups is 1. The van der Waals surface area contributed by atoms with Crippen molar-refractivity contribution in [2.24, 2.45) is 5.92 Å². The average Bonchev–Trinajstić information content (AvgIpc) is 3.24. The van der Waals surface area contributed by atoms with Crippen LogP contribution in [0.4, 0.5) is 4.39 Å². The molecular formula is C17H18FNO3. The van der Waals surface area contributed by atoms with Crippen LogP contribution >= 0.6 is 0 Å². The molecule has 1 heterocycles. The van der Waals surface area contributed by atoms with Crippen LogP contribution in [0.1, 0.15) is 29.8 Å². The summed E-state index contributed by atoms with van der Waals surface area (Å²) in [5, 5.41) is 12.0. The number of halogens is 1. The van der Waals surface area contributed by atoms with Gasteiger partial charge in [-0.15, -0.1) is 0 Å². The number of hydrogen-bond donors (Lipinski definition) is 2. The van der Waals surface area contributed by atoms with Gasteiger partial charge in [0.2, 0.25) is 0 Å². The van der Waals surface area contributed by atoms with Gasteiger partial charge in [-0.25, -0.2) is 4.39 Å². The summed E-state index contributed by atoms with van der Waals surface area (Å²) >= 11 is 0. The Labute approximate surface area is 128 Å². The van der Waals surface area contributed by atoms with Crippen LogP contribution in [0.3, 0.4) is 0 Å². The van der Waals surface area contributed by atoms with Gasteiger partial charge in [0.05, 0.1) is 6.26 Å². The molecule has 5 heteroatoms. The summed E-state index contributed by atoms with van der Waals surface area (Å²) in [6.07, 6.45) is 4.15. The zero-order valence-corrected chi connectivity index (χ0v) is 12.1. The predicted octanol–water partition coefficient (Wildman–Crippen LogP) is 2.98. The maximum Gasteiger partial charge on any atom is 0.287 e. The maximum atomic E-state index is 13.0. The van der Waals surface area contributed by atoms with Gasteiger partial charge in [0.15, 0.2) is 5.76 Å². The topological polar surface area (TPSA) is 62.5 Å². The number of aliphatic hydroxyl groups excluding tert-OH is 1. The number of carbonyl (C=O) groups excluding carboxylic acids is 1. The van der Waals surface area contributed by atoms with E-state index >= 15 is 0 Å². The lowest BCUT2D eigenvalue weighted by Crippen LogP contribution is -2.37. The van der Waals surface area contributed by atoms with E-state index in [0.717, 1.165) is 18.4 Å².